The van der Waals surface area contributed by atoms with Gasteiger partial charge in [-0.1, -0.05) is 11.6 Å². The molecule has 0 saturated carbocycles. The smallest absolute Gasteiger partial charge is 0.344 e. The van der Waals surface area contributed by atoms with E-state index in [4.69, 9.17) is 21.4 Å². The lowest BCUT2D eigenvalue weighted by molar-refractivity contribution is -0.144. The number of carbonyl (C=O) groups is 3. The van der Waals surface area contributed by atoms with Crippen molar-refractivity contribution in [2.24, 2.45) is 0 Å². The Bertz CT molecular complexity index is 732. The van der Waals surface area contributed by atoms with Crippen LogP contribution in [-0.4, -0.2) is 46.6 Å². The Kier molecular flexibility index (Phi) is 4.55. The Hall–Kier alpha value is -2.35. The van der Waals surface area contributed by atoms with Crippen molar-refractivity contribution in [1.29, 1.82) is 0 Å². The lowest BCUT2D eigenvalue weighted by Crippen LogP contribution is -2.39. The van der Waals surface area contributed by atoms with Crippen LogP contribution in [-0.2, 0) is 9.59 Å². The van der Waals surface area contributed by atoms with Gasteiger partial charge in [0.05, 0.1) is 10.7 Å². The van der Waals surface area contributed by atoms with E-state index in [0.717, 1.165) is 29.9 Å². The molecule has 2 saturated heterocycles. The molecule has 1 N–H and O–H groups in total. The second kappa shape index (κ2) is 6.51. The van der Waals surface area contributed by atoms with Gasteiger partial charge < -0.3 is 14.7 Å². The Morgan fingerprint density at radius 2 is 2.12 bits per heavy atom. The first-order chi connectivity index (χ1) is 11.8. The first-order valence-corrected chi connectivity index (χ1v) is 8.22. The number of amides is 3. The highest BCUT2D eigenvalue weighted by molar-refractivity contribution is 6.32. The van der Waals surface area contributed by atoms with Crippen molar-refractivity contribution in [3.63, 3.8) is 0 Å². The van der Waals surface area contributed by atoms with Crippen molar-refractivity contribution < 1.29 is 28.6 Å². The van der Waals surface area contributed by atoms with E-state index in [9.17, 15) is 18.8 Å². The van der Waals surface area contributed by atoms with Crippen LogP contribution in [0, 0.1) is 5.82 Å². The number of aliphatic carboxylic acids is 1. The van der Waals surface area contributed by atoms with Gasteiger partial charge in [0.25, 0.3) is 5.91 Å². The van der Waals surface area contributed by atoms with Crippen LogP contribution < -0.4 is 9.64 Å². The number of benzene rings is 1. The van der Waals surface area contributed by atoms with Crippen molar-refractivity contribution in [3.8, 4) is 5.75 Å². The molecule has 9 heteroatoms. The van der Waals surface area contributed by atoms with E-state index >= 15 is 0 Å². The minimum atomic E-state index is -1.23. The highest BCUT2D eigenvalue weighted by Gasteiger charge is 2.47. The van der Waals surface area contributed by atoms with E-state index in [0.29, 0.717) is 13.0 Å². The van der Waals surface area contributed by atoms with E-state index in [-0.39, 0.29) is 16.5 Å². The SMILES string of the molecule is CC(Oc1cc(N2C(=O)C3CCCCN3C2=O)c(F)cc1Cl)C(=O)O. The van der Waals surface area contributed by atoms with Crippen molar-refractivity contribution in [3.05, 3.63) is 23.0 Å². The fraction of sp³-hybridized carbons (Fsp3) is 0.438. The van der Waals surface area contributed by atoms with Crippen molar-refractivity contribution >= 4 is 35.2 Å². The van der Waals surface area contributed by atoms with E-state index in [1.165, 1.54) is 11.8 Å². The van der Waals surface area contributed by atoms with Gasteiger partial charge in [0, 0.05) is 12.6 Å². The number of nitrogens with zero attached hydrogens (tertiary/aromatic N) is 2. The van der Waals surface area contributed by atoms with Gasteiger partial charge in [-0.2, -0.15) is 0 Å². The number of urea groups is 1. The van der Waals surface area contributed by atoms with Crippen molar-refractivity contribution in [1.82, 2.24) is 4.90 Å². The van der Waals surface area contributed by atoms with Gasteiger partial charge in [0.1, 0.15) is 17.6 Å². The minimum absolute atomic E-state index is 0.113. The maximum absolute atomic E-state index is 14.4. The topological polar surface area (TPSA) is 87.2 Å². The molecule has 7 nitrogen and oxygen atoms in total. The van der Waals surface area contributed by atoms with Crippen LogP contribution in [0.15, 0.2) is 12.1 Å². The highest BCUT2D eigenvalue weighted by atomic mass is 35.5. The quantitative estimate of drug-likeness (QED) is 0.823. The first-order valence-electron chi connectivity index (χ1n) is 7.84. The number of halogens is 2. The maximum atomic E-state index is 14.4. The van der Waals surface area contributed by atoms with Crippen molar-refractivity contribution in [2.45, 2.75) is 38.3 Å². The Morgan fingerprint density at radius 3 is 2.76 bits per heavy atom. The number of ether oxygens (including phenoxy) is 1. The molecule has 1 aromatic rings. The third-order valence-electron chi connectivity index (χ3n) is 4.34. The lowest BCUT2D eigenvalue weighted by Gasteiger charge is -2.26. The zero-order chi connectivity index (χ0) is 18.3. The van der Waals surface area contributed by atoms with E-state index in [1.807, 2.05) is 0 Å². The molecule has 2 unspecified atom stereocenters. The minimum Gasteiger partial charge on any atom is -0.479 e. The second-order valence-corrected chi connectivity index (χ2v) is 6.40. The molecule has 0 bridgehead atoms. The van der Waals surface area contributed by atoms with Gasteiger partial charge >= 0.3 is 12.0 Å². The summed E-state index contributed by atoms with van der Waals surface area (Å²) >= 11 is 5.89. The number of anilines is 1. The molecule has 3 amide bonds. The molecule has 1 aromatic carbocycles. The fourth-order valence-electron chi connectivity index (χ4n) is 3.03. The van der Waals surface area contributed by atoms with Crippen LogP contribution in [0.1, 0.15) is 26.2 Å². The Morgan fingerprint density at radius 1 is 1.40 bits per heavy atom. The summed E-state index contributed by atoms with van der Waals surface area (Å²) in [5.41, 5.74) is -0.290. The molecule has 0 aliphatic carbocycles. The number of carbonyl (C=O) groups excluding carboxylic acids is 2. The van der Waals surface area contributed by atoms with Crippen LogP contribution in [0.3, 0.4) is 0 Å². The highest BCUT2D eigenvalue weighted by Crippen LogP contribution is 2.37. The average Bonchev–Trinajstić information content (AvgIpc) is 2.82. The summed E-state index contributed by atoms with van der Waals surface area (Å²) in [5, 5.41) is 8.78. The Labute approximate surface area is 147 Å². The summed E-state index contributed by atoms with van der Waals surface area (Å²) in [4.78, 5) is 38.2. The normalized spacial score (nSPS) is 21.3. The van der Waals surface area contributed by atoms with Crippen molar-refractivity contribution in [2.75, 3.05) is 11.4 Å². The molecule has 2 aliphatic heterocycles. The molecular weight excluding hydrogens is 355 g/mol. The summed E-state index contributed by atoms with van der Waals surface area (Å²) < 4.78 is 19.6. The summed E-state index contributed by atoms with van der Waals surface area (Å²) in [6.45, 7) is 1.73. The largest absolute Gasteiger partial charge is 0.479 e. The summed E-state index contributed by atoms with van der Waals surface area (Å²) in [7, 11) is 0. The summed E-state index contributed by atoms with van der Waals surface area (Å²) in [5.74, 6) is -2.70. The monoisotopic (exact) mass is 370 g/mol. The molecular formula is C16H16ClFN2O5. The standard InChI is InChI=1S/C16H16ClFN2O5/c1-8(15(22)23)25-13-7-12(10(18)6-9(13)17)20-14(21)11-4-2-3-5-19(11)16(20)24/h6-8,11H,2-5H2,1H3,(H,22,23). The third kappa shape index (κ3) is 3.02. The molecule has 0 aromatic heterocycles. The summed E-state index contributed by atoms with van der Waals surface area (Å²) in [6, 6.07) is 0.816. The number of carboxylic acids is 1. The number of fused-ring (bicyclic) bond motifs is 1. The second-order valence-electron chi connectivity index (χ2n) is 5.99. The molecule has 2 heterocycles. The molecule has 2 aliphatic rings. The van der Waals surface area contributed by atoms with Crippen LogP contribution >= 0.6 is 11.6 Å². The van der Waals surface area contributed by atoms with Gasteiger partial charge in [0.2, 0.25) is 0 Å². The molecule has 2 atom stereocenters. The molecule has 0 radical (unpaired) electrons. The zero-order valence-electron chi connectivity index (χ0n) is 13.4. The third-order valence-corrected chi connectivity index (χ3v) is 4.63. The van der Waals surface area contributed by atoms with Crippen LogP contribution in [0.25, 0.3) is 0 Å². The van der Waals surface area contributed by atoms with E-state index in [1.54, 1.807) is 0 Å². The predicted molar refractivity (Wildman–Crippen MR) is 86.4 cm³/mol. The Balaban J connectivity index is 1.97. The van der Waals surface area contributed by atoms with E-state index in [2.05, 4.69) is 0 Å². The first kappa shape index (κ1) is 17.5. The molecule has 134 valence electrons. The van der Waals surface area contributed by atoms with Crippen LogP contribution in [0.5, 0.6) is 5.75 Å². The number of piperidine rings is 1. The van der Waals surface area contributed by atoms with E-state index < -0.39 is 35.9 Å². The number of rotatable bonds is 4. The van der Waals surface area contributed by atoms with Crippen LogP contribution in [0.4, 0.5) is 14.9 Å². The summed E-state index contributed by atoms with van der Waals surface area (Å²) in [6.07, 6.45) is 0.918. The molecule has 0 spiro atoms. The molecule has 25 heavy (non-hydrogen) atoms. The molecule has 3 rings (SSSR count). The zero-order valence-corrected chi connectivity index (χ0v) is 14.1. The van der Waals surface area contributed by atoms with Crippen LogP contribution in [0.2, 0.25) is 5.02 Å². The average molecular weight is 371 g/mol. The van der Waals surface area contributed by atoms with Gasteiger partial charge in [-0.15, -0.1) is 0 Å². The van der Waals surface area contributed by atoms with Gasteiger partial charge in [-0.25, -0.2) is 18.9 Å². The number of carboxylic acid groups (broad SMARTS) is 1. The lowest BCUT2D eigenvalue weighted by atomic mass is 10.0. The number of hydrogen-bond donors (Lipinski definition) is 1. The van der Waals surface area contributed by atoms with Gasteiger partial charge in [-0.3, -0.25) is 4.79 Å². The predicted octanol–water partition coefficient (Wildman–Crippen LogP) is 2.65. The fourth-order valence-corrected chi connectivity index (χ4v) is 3.23. The number of imide groups is 1. The van der Waals surface area contributed by atoms with Gasteiger partial charge in [0.15, 0.2) is 6.10 Å². The van der Waals surface area contributed by atoms with Gasteiger partial charge in [-0.05, 0) is 32.3 Å². The maximum Gasteiger partial charge on any atom is 0.344 e. The number of hydrogen-bond acceptors (Lipinski definition) is 4. The molecule has 2 fully saturated rings.